The van der Waals surface area contributed by atoms with Crippen LogP contribution < -0.4 is 20.5 Å². The van der Waals surface area contributed by atoms with Crippen molar-refractivity contribution in [2.75, 3.05) is 18.5 Å². The Bertz CT molecular complexity index is 1360. The van der Waals surface area contributed by atoms with Crippen LogP contribution >= 0.6 is 0 Å². The molecule has 0 spiro atoms. The molecule has 0 unspecified atom stereocenters. The first-order chi connectivity index (χ1) is 15.1. The molecule has 1 N–H and O–H groups in total. The van der Waals surface area contributed by atoms with Gasteiger partial charge in [-0.1, -0.05) is 18.2 Å². The van der Waals surface area contributed by atoms with E-state index >= 15 is 0 Å². The predicted molar refractivity (Wildman–Crippen MR) is 116 cm³/mol. The molecule has 3 heterocycles. The van der Waals surface area contributed by atoms with Crippen LogP contribution in [0.1, 0.15) is 0 Å². The Balaban J connectivity index is 1.37. The van der Waals surface area contributed by atoms with Gasteiger partial charge >= 0.3 is 5.69 Å². The van der Waals surface area contributed by atoms with Crippen LogP contribution in [-0.2, 0) is 18.4 Å². The highest BCUT2D eigenvalue weighted by molar-refractivity contribution is 5.91. The predicted octanol–water partition coefficient (Wildman–Crippen LogP) is 2.81. The lowest BCUT2D eigenvalue weighted by molar-refractivity contribution is -0.116. The normalized spacial score (nSPS) is 12.7. The molecule has 0 saturated carbocycles. The zero-order valence-electron chi connectivity index (χ0n) is 16.9. The maximum absolute atomic E-state index is 12.7. The number of carbonyl (C=O) groups is 1. The van der Waals surface area contributed by atoms with E-state index in [-0.39, 0.29) is 18.1 Å². The lowest BCUT2D eigenvalue weighted by Gasteiger charge is -2.18. The standard InChI is InChI=1S/C23H20N4O4/c1-26-17-6-2-3-7-18(17)27(23(26)29)14-22(28)25-21-8-4-5-16(24-21)15-9-10-19-20(13-15)31-12-11-30-19/h2-10,13H,11-12,14H2,1H3,(H,24,25,28). The van der Waals surface area contributed by atoms with Crippen LogP contribution in [0, 0.1) is 0 Å². The molecule has 156 valence electrons. The Kier molecular flexibility index (Phi) is 4.66. The minimum Gasteiger partial charge on any atom is -0.486 e. The van der Waals surface area contributed by atoms with Crippen molar-refractivity contribution in [1.29, 1.82) is 0 Å². The summed E-state index contributed by atoms with van der Waals surface area (Å²) in [7, 11) is 1.69. The number of anilines is 1. The van der Waals surface area contributed by atoms with Gasteiger partial charge in [-0.25, -0.2) is 9.78 Å². The maximum Gasteiger partial charge on any atom is 0.329 e. The molecule has 1 aliphatic rings. The zero-order valence-corrected chi connectivity index (χ0v) is 16.9. The minimum atomic E-state index is -0.328. The van der Waals surface area contributed by atoms with Crippen molar-refractivity contribution in [2.45, 2.75) is 6.54 Å². The quantitative estimate of drug-likeness (QED) is 0.553. The molecule has 0 atom stereocenters. The Morgan fingerprint density at radius 1 is 1.00 bits per heavy atom. The van der Waals surface area contributed by atoms with Crippen LogP contribution in [0.25, 0.3) is 22.3 Å². The van der Waals surface area contributed by atoms with E-state index in [4.69, 9.17) is 9.47 Å². The zero-order chi connectivity index (χ0) is 21.4. The summed E-state index contributed by atoms with van der Waals surface area (Å²) in [6.07, 6.45) is 0. The summed E-state index contributed by atoms with van der Waals surface area (Å²) in [6.45, 7) is 0.940. The smallest absolute Gasteiger partial charge is 0.329 e. The second-order valence-electron chi connectivity index (χ2n) is 7.23. The first kappa shape index (κ1) is 18.9. The molecule has 0 fully saturated rings. The number of hydrogen-bond donors (Lipinski definition) is 1. The van der Waals surface area contributed by atoms with Crippen LogP contribution in [-0.4, -0.2) is 33.2 Å². The van der Waals surface area contributed by atoms with Crippen molar-refractivity contribution in [3.8, 4) is 22.8 Å². The Labute approximate surface area is 177 Å². The topological polar surface area (TPSA) is 87.4 Å². The third kappa shape index (κ3) is 3.52. The van der Waals surface area contributed by atoms with E-state index in [0.29, 0.717) is 41.7 Å². The molecule has 8 nitrogen and oxygen atoms in total. The Morgan fingerprint density at radius 2 is 1.77 bits per heavy atom. The first-order valence-corrected chi connectivity index (χ1v) is 9.91. The number of benzene rings is 2. The highest BCUT2D eigenvalue weighted by atomic mass is 16.6. The summed E-state index contributed by atoms with van der Waals surface area (Å²) in [5, 5.41) is 2.79. The molecular formula is C23H20N4O4. The van der Waals surface area contributed by atoms with Gasteiger partial charge < -0.3 is 14.8 Å². The van der Waals surface area contributed by atoms with E-state index in [1.807, 2.05) is 54.6 Å². The van der Waals surface area contributed by atoms with E-state index < -0.39 is 0 Å². The Hall–Kier alpha value is -4.07. The average molecular weight is 416 g/mol. The van der Waals surface area contributed by atoms with E-state index in [0.717, 1.165) is 11.1 Å². The minimum absolute atomic E-state index is 0.101. The number of carbonyl (C=O) groups excluding carboxylic acids is 1. The van der Waals surface area contributed by atoms with Crippen LogP contribution in [0.15, 0.2) is 65.5 Å². The number of pyridine rings is 1. The van der Waals surface area contributed by atoms with Gasteiger partial charge in [-0.05, 0) is 42.5 Å². The Morgan fingerprint density at radius 3 is 2.61 bits per heavy atom. The number of imidazole rings is 1. The lowest BCUT2D eigenvalue weighted by Crippen LogP contribution is -2.28. The van der Waals surface area contributed by atoms with E-state index in [9.17, 15) is 9.59 Å². The van der Waals surface area contributed by atoms with Crippen molar-refractivity contribution in [3.63, 3.8) is 0 Å². The van der Waals surface area contributed by atoms with E-state index in [1.54, 1.807) is 13.1 Å². The fourth-order valence-electron chi connectivity index (χ4n) is 3.71. The highest BCUT2D eigenvalue weighted by Crippen LogP contribution is 2.34. The number of aromatic nitrogens is 3. The highest BCUT2D eigenvalue weighted by Gasteiger charge is 2.15. The number of fused-ring (bicyclic) bond motifs is 2. The number of para-hydroxylation sites is 2. The molecule has 31 heavy (non-hydrogen) atoms. The number of rotatable bonds is 4. The van der Waals surface area contributed by atoms with Gasteiger partial charge in [0.1, 0.15) is 25.6 Å². The van der Waals surface area contributed by atoms with Gasteiger partial charge in [0.15, 0.2) is 11.5 Å². The fraction of sp³-hybridized carbons (Fsp3) is 0.174. The third-order valence-electron chi connectivity index (χ3n) is 5.21. The second kappa shape index (κ2) is 7.64. The molecule has 5 rings (SSSR count). The lowest BCUT2D eigenvalue weighted by atomic mass is 10.1. The molecule has 0 aliphatic carbocycles. The third-order valence-corrected chi connectivity index (χ3v) is 5.21. The molecule has 1 amide bonds. The second-order valence-corrected chi connectivity index (χ2v) is 7.23. The molecule has 0 saturated heterocycles. The molecule has 0 radical (unpaired) electrons. The average Bonchev–Trinajstić information content (AvgIpc) is 3.04. The summed E-state index contributed by atoms with van der Waals surface area (Å²) in [6, 6.07) is 18.4. The van der Waals surface area contributed by atoms with Crippen molar-refractivity contribution in [1.82, 2.24) is 14.1 Å². The summed E-state index contributed by atoms with van der Waals surface area (Å²) in [5.74, 6) is 1.46. The molecule has 8 heteroatoms. The molecule has 0 bridgehead atoms. The summed E-state index contributed by atoms with van der Waals surface area (Å²) in [5.41, 5.74) is 2.79. The van der Waals surface area contributed by atoms with Gasteiger partial charge in [0.05, 0.1) is 16.7 Å². The van der Waals surface area contributed by atoms with Gasteiger partial charge in [-0.2, -0.15) is 0 Å². The van der Waals surface area contributed by atoms with Crippen LogP contribution in [0.3, 0.4) is 0 Å². The molecule has 2 aromatic heterocycles. The van der Waals surface area contributed by atoms with Crippen molar-refractivity contribution in [2.24, 2.45) is 7.05 Å². The first-order valence-electron chi connectivity index (χ1n) is 9.91. The summed E-state index contributed by atoms with van der Waals surface area (Å²) >= 11 is 0. The molecule has 4 aromatic rings. The number of amides is 1. The van der Waals surface area contributed by atoms with Gasteiger partial charge in [-0.15, -0.1) is 0 Å². The van der Waals surface area contributed by atoms with Gasteiger partial charge in [0.25, 0.3) is 0 Å². The SMILES string of the molecule is Cn1c(=O)n(CC(=O)Nc2cccc(-c3ccc4c(c3)OCCO4)n2)c2ccccc21. The molecular weight excluding hydrogens is 396 g/mol. The summed E-state index contributed by atoms with van der Waals surface area (Å²) in [4.78, 5) is 29.8. The summed E-state index contributed by atoms with van der Waals surface area (Å²) < 4.78 is 14.2. The molecule has 1 aliphatic heterocycles. The monoisotopic (exact) mass is 416 g/mol. The number of ether oxygens (including phenoxy) is 2. The maximum atomic E-state index is 12.7. The van der Waals surface area contributed by atoms with Crippen LogP contribution in [0.4, 0.5) is 5.82 Å². The van der Waals surface area contributed by atoms with Gasteiger partial charge in [0.2, 0.25) is 5.91 Å². The van der Waals surface area contributed by atoms with Gasteiger partial charge in [0, 0.05) is 12.6 Å². The van der Waals surface area contributed by atoms with Gasteiger partial charge in [-0.3, -0.25) is 13.9 Å². The number of nitrogens with zero attached hydrogens (tertiary/aromatic N) is 3. The van der Waals surface area contributed by atoms with Crippen LogP contribution in [0.2, 0.25) is 0 Å². The molecule has 2 aromatic carbocycles. The van der Waals surface area contributed by atoms with Crippen molar-refractivity contribution in [3.05, 3.63) is 71.1 Å². The van der Waals surface area contributed by atoms with E-state index in [1.165, 1.54) is 9.13 Å². The van der Waals surface area contributed by atoms with Crippen LogP contribution in [0.5, 0.6) is 11.5 Å². The number of nitrogens with one attached hydrogen (secondary N) is 1. The number of aryl methyl sites for hydroxylation is 1. The van der Waals surface area contributed by atoms with Crippen molar-refractivity contribution < 1.29 is 14.3 Å². The largest absolute Gasteiger partial charge is 0.486 e. The fourth-order valence-corrected chi connectivity index (χ4v) is 3.71. The van der Waals surface area contributed by atoms with Crippen molar-refractivity contribution >= 4 is 22.8 Å². The van der Waals surface area contributed by atoms with E-state index in [2.05, 4.69) is 10.3 Å². The number of hydrogen-bond acceptors (Lipinski definition) is 5.